The van der Waals surface area contributed by atoms with Crippen LogP contribution in [0.5, 0.6) is 5.75 Å². The second-order valence-corrected chi connectivity index (χ2v) is 7.17. The molecule has 1 saturated heterocycles. The molecule has 1 fully saturated rings. The number of hydrogen-bond acceptors (Lipinski definition) is 5. The van der Waals surface area contributed by atoms with Crippen LogP contribution in [-0.2, 0) is 4.74 Å². The van der Waals surface area contributed by atoms with Crippen molar-refractivity contribution in [1.29, 1.82) is 0 Å². The van der Waals surface area contributed by atoms with E-state index in [0.29, 0.717) is 17.8 Å². The SMILES string of the molecule is CCOC(=O)Nc1cccc(C(=O)NCC(c2cccc(OC)c2)N2CCCC2)c1. The molecule has 160 valence electrons. The van der Waals surface area contributed by atoms with Gasteiger partial charge in [-0.1, -0.05) is 18.2 Å². The van der Waals surface area contributed by atoms with Crippen LogP contribution < -0.4 is 15.4 Å². The van der Waals surface area contributed by atoms with Gasteiger partial charge < -0.3 is 14.8 Å². The average Bonchev–Trinajstić information content (AvgIpc) is 3.29. The summed E-state index contributed by atoms with van der Waals surface area (Å²) in [6.07, 6.45) is 1.79. The van der Waals surface area contributed by atoms with E-state index in [4.69, 9.17) is 9.47 Å². The van der Waals surface area contributed by atoms with Crippen LogP contribution in [0.4, 0.5) is 10.5 Å². The Balaban J connectivity index is 1.69. The molecule has 2 aromatic carbocycles. The number of benzene rings is 2. The van der Waals surface area contributed by atoms with E-state index in [1.165, 1.54) is 0 Å². The molecule has 2 amide bonds. The van der Waals surface area contributed by atoms with E-state index in [9.17, 15) is 9.59 Å². The van der Waals surface area contributed by atoms with Gasteiger partial charge in [0.15, 0.2) is 0 Å². The second-order valence-electron chi connectivity index (χ2n) is 7.17. The van der Waals surface area contributed by atoms with Crippen molar-refractivity contribution in [3.8, 4) is 5.75 Å². The van der Waals surface area contributed by atoms with Crippen LogP contribution >= 0.6 is 0 Å². The van der Waals surface area contributed by atoms with Crippen molar-refractivity contribution in [2.45, 2.75) is 25.8 Å². The number of anilines is 1. The summed E-state index contributed by atoms with van der Waals surface area (Å²) in [5.41, 5.74) is 2.12. The highest BCUT2D eigenvalue weighted by molar-refractivity contribution is 5.96. The fourth-order valence-electron chi connectivity index (χ4n) is 3.67. The number of amides is 2. The van der Waals surface area contributed by atoms with Gasteiger partial charge in [-0.05, 0) is 68.8 Å². The fraction of sp³-hybridized carbons (Fsp3) is 0.391. The van der Waals surface area contributed by atoms with E-state index < -0.39 is 6.09 Å². The molecule has 7 heteroatoms. The summed E-state index contributed by atoms with van der Waals surface area (Å²) in [6, 6.07) is 14.9. The topological polar surface area (TPSA) is 79.9 Å². The highest BCUT2D eigenvalue weighted by Gasteiger charge is 2.24. The molecule has 0 aromatic heterocycles. The third-order valence-electron chi connectivity index (χ3n) is 5.16. The minimum atomic E-state index is -0.540. The fourth-order valence-corrected chi connectivity index (χ4v) is 3.67. The predicted molar refractivity (Wildman–Crippen MR) is 116 cm³/mol. The first-order valence-corrected chi connectivity index (χ1v) is 10.3. The number of rotatable bonds is 8. The summed E-state index contributed by atoms with van der Waals surface area (Å²) >= 11 is 0. The van der Waals surface area contributed by atoms with Gasteiger partial charge in [0.2, 0.25) is 0 Å². The number of likely N-dealkylation sites (tertiary alicyclic amines) is 1. The summed E-state index contributed by atoms with van der Waals surface area (Å²) in [5, 5.41) is 5.68. The van der Waals surface area contributed by atoms with Gasteiger partial charge >= 0.3 is 6.09 Å². The summed E-state index contributed by atoms with van der Waals surface area (Å²) in [5.74, 6) is 0.621. The summed E-state index contributed by atoms with van der Waals surface area (Å²) < 4.78 is 10.3. The van der Waals surface area contributed by atoms with Crippen molar-refractivity contribution in [2.24, 2.45) is 0 Å². The summed E-state index contributed by atoms with van der Waals surface area (Å²) in [7, 11) is 1.66. The Kier molecular flexibility index (Phi) is 7.68. The molecule has 2 aromatic rings. The van der Waals surface area contributed by atoms with Crippen molar-refractivity contribution < 1.29 is 19.1 Å². The average molecular weight is 412 g/mol. The number of methoxy groups -OCH3 is 1. The molecule has 0 radical (unpaired) electrons. The summed E-state index contributed by atoms with van der Waals surface area (Å²) in [6.45, 7) is 4.53. The first-order valence-electron chi connectivity index (χ1n) is 10.3. The quantitative estimate of drug-likeness (QED) is 0.690. The van der Waals surface area contributed by atoms with Gasteiger partial charge in [-0.15, -0.1) is 0 Å². The van der Waals surface area contributed by atoms with Gasteiger partial charge in [0.25, 0.3) is 5.91 Å². The van der Waals surface area contributed by atoms with E-state index >= 15 is 0 Å². The molecule has 1 heterocycles. The number of nitrogens with one attached hydrogen (secondary N) is 2. The number of carbonyl (C=O) groups is 2. The van der Waals surface area contributed by atoms with Gasteiger partial charge in [-0.2, -0.15) is 0 Å². The van der Waals surface area contributed by atoms with Crippen molar-refractivity contribution in [1.82, 2.24) is 10.2 Å². The van der Waals surface area contributed by atoms with E-state index in [1.807, 2.05) is 18.2 Å². The molecular formula is C23H29N3O4. The molecule has 0 bridgehead atoms. The lowest BCUT2D eigenvalue weighted by atomic mass is 10.0. The zero-order valence-corrected chi connectivity index (χ0v) is 17.5. The maximum absolute atomic E-state index is 12.8. The van der Waals surface area contributed by atoms with E-state index in [2.05, 4.69) is 21.6 Å². The molecule has 30 heavy (non-hydrogen) atoms. The lowest BCUT2D eigenvalue weighted by molar-refractivity contribution is 0.0937. The van der Waals surface area contributed by atoms with Gasteiger partial charge in [0.1, 0.15) is 5.75 Å². The van der Waals surface area contributed by atoms with Crippen LogP contribution in [0, 0.1) is 0 Å². The van der Waals surface area contributed by atoms with E-state index in [1.54, 1.807) is 38.3 Å². The highest BCUT2D eigenvalue weighted by Crippen LogP contribution is 2.27. The maximum Gasteiger partial charge on any atom is 0.411 e. The minimum Gasteiger partial charge on any atom is -0.497 e. The molecule has 7 nitrogen and oxygen atoms in total. The molecule has 1 aliphatic rings. The van der Waals surface area contributed by atoms with Gasteiger partial charge in [-0.3, -0.25) is 15.0 Å². The van der Waals surface area contributed by atoms with Crippen LogP contribution in [0.25, 0.3) is 0 Å². The van der Waals surface area contributed by atoms with Crippen molar-refractivity contribution in [3.63, 3.8) is 0 Å². The number of nitrogens with zero attached hydrogens (tertiary/aromatic N) is 1. The second kappa shape index (κ2) is 10.6. The zero-order valence-electron chi connectivity index (χ0n) is 17.5. The van der Waals surface area contributed by atoms with Crippen LogP contribution in [0.2, 0.25) is 0 Å². The Morgan fingerprint density at radius 3 is 2.60 bits per heavy atom. The Morgan fingerprint density at radius 1 is 1.10 bits per heavy atom. The van der Waals surface area contributed by atoms with Crippen LogP contribution in [0.15, 0.2) is 48.5 Å². The Bertz CT molecular complexity index is 865. The lowest BCUT2D eigenvalue weighted by Crippen LogP contribution is -2.36. The monoisotopic (exact) mass is 411 g/mol. The molecule has 0 spiro atoms. The maximum atomic E-state index is 12.8. The van der Waals surface area contributed by atoms with Crippen LogP contribution in [0.1, 0.15) is 41.7 Å². The van der Waals surface area contributed by atoms with Gasteiger partial charge in [0, 0.05) is 17.8 Å². The lowest BCUT2D eigenvalue weighted by Gasteiger charge is -2.28. The zero-order chi connectivity index (χ0) is 21.3. The van der Waals surface area contributed by atoms with Gasteiger partial charge in [-0.25, -0.2) is 4.79 Å². The Labute approximate surface area is 177 Å². The smallest absolute Gasteiger partial charge is 0.411 e. The number of carbonyl (C=O) groups excluding carboxylic acids is 2. The van der Waals surface area contributed by atoms with E-state index in [-0.39, 0.29) is 18.6 Å². The molecular weight excluding hydrogens is 382 g/mol. The number of ether oxygens (including phenoxy) is 2. The van der Waals surface area contributed by atoms with Crippen molar-refractivity contribution >= 4 is 17.7 Å². The molecule has 0 aliphatic carbocycles. The third kappa shape index (κ3) is 5.73. The normalized spacial score (nSPS) is 14.7. The molecule has 1 aliphatic heterocycles. The van der Waals surface area contributed by atoms with Crippen LogP contribution in [-0.4, -0.2) is 50.3 Å². The van der Waals surface area contributed by atoms with Crippen molar-refractivity contribution in [3.05, 3.63) is 59.7 Å². The molecule has 3 rings (SSSR count). The molecule has 0 saturated carbocycles. The Hall–Kier alpha value is -3.06. The predicted octanol–water partition coefficient (Wildman–Crippen LogP) is 3.83. The number of hydrogen-bond donors (Lipinski definition) is 2. The van der Waals surface area contributed by atoms with Crippen molar-refractivity contribution in [2.75, 3.05) is 38.7 Å². The first-order chi connectivity index (χ1) is 14.6. The van der Waals surface area contributed by atoms with E-state index in [0.717, 1.165) is 37.2 Å². The largest absolute Gasteiger partial charge is 0.497 e. The highest BCUT2D eigenvalue weighted by atomic mass is 16.5. The standard InChI is InChI=1S/C23H29N3O4/c1-3-30-23(28)25-19-10-6-9-18(14-19)22(27)24-16-21(26-12-4-5-13-26)17-8-7-11-20(15-17)29-2/h6-11,14-15,21H,3-5,12-13,16H2,1-2H3,(H,24,27)(H,25,28). The molecule has 1 atom stereocenters. The molecule has 1 unspecified atom stereocenters. The summed E-state index contributed by atoms with van der Waals surface area (Å²) in [4.78, 5) is 26.8. The third-order valence-corrected chi connectivity index (χ3v) is 5.16. The Morgan fingerprint density at radius 2 is 1.87 bits per heavy atom. The molecule has 2 N–H and O–H groups in total. The minimum absolute atomic E-state index is 0.0763. The van der Waals surface area contributed by atoms with Gasteiger partial charge in [0.05, 0.1) is 19.8 Å². The van der Waals surface area contributed by atoms with Crippen LogP contribution in [0.3, 0.4) is 0 Å². The first kappa shape index (κ1) is 21.6.